The molecule has 0 radical (unpaired) electrons. The number of ether oxygens (including phenoxy) is 2. The van der Waals surface area contributed by atoms with Gasteiger partial charge in [0, 0.05) is 13.1 Å². The van der Waals surface area contributed by atoms with Crippen molar-refractivity contribution in [3.8, 4) is 11.5 Å². The molecular weight excluding hydrogens is 406 g/mol. The minimum absolute atomic E-state index is 0.0811. The van der Waals surface area contributed by atoms with Crippen molar-refractivity contribution in [2.45, 2.75) is 25.7 Å². The van der Waals surface area contributed by atoms with E-state index in [-0.39, 0.29) is 17.3 Å². The highest BCUT2D eigenvalue weighted by Crippen LogP contribution is 2.29. The Balaban J connectivity index is 2.20. The lowest BCUT2D eigenvalue weighted by molar-refractivity contribution is -0.114. The van der Waals surface area contributed by atoms with Gasteiger partial charge in [-0.1, -0.05) is 19.9 Å². The van der Waals surface area contributed by atoms with Gasteiger partial charge in [-0.2, -0.15) is 4.31 Å². The first-order valence-electron chi connectivity index (χ1n) is 9.63. The van der Waals surface area contributed by atoms with Gasteiger partial charge in [0.25, 0.3) is 0 Å². The lowest BCUT2D eigenvalue weighted by Crippen LogP contribution is -2.30. The van der Waals surface area contributed by atoms with Crippen LogP contribution in [0, 0.1) is 6.92 Å². The van der Waals surface area contributed by atoms with Crippen LogP contribution >= 0.6 is 0 Å². The number of carbonyl (C=O) groups excluding carboxylic acids is 1. The molecule has 0 fully saturated rings. The second-order valence-electron chi connectivity index (χ2n) is 6.56. The SMILES string of the molecule is CCN(CC)S(=O)(=O)c1ccc(OC)c(NCC(=O)Nc2cc(C)ccc2OC)c1. The maximum Gasteiger partial charge on any atom is 0.243 e. The molecular formula is C21H29N3O5S. The fourth-order valence-electron chi connectivity index (χ4n) is 2.99. The van der Waals surface area contributed by atoms with Gasteiger partial charge < -0.3 is 20.1 Å². The minimum Gasteiger partial charge on any atom is -0.495 e. The molecule has 0 aliphatic heterocycles. The smallest absolute Gasteiger partial charge is 0.243 e. The standard InChI is InChI=1S/C21H29N3O5S/c1-6-24(7-2)30(26,27)16-9-11-19(28-4)17(13-16)22-14-21(25)23-18-12-15(3)8-10-20(18)29-5/h8-13,22H,6-7,14H2,1-5H3,(H,23,25). The van der Waals surface area contributed by atoms with Crippen LogP contribution in [0.25, 0.3) is 0 Å². The lowest BCUT2D eigenvalue weighted by Gasteiger charge is -2.20. The van der Waals surface area contributed by atoms with E-state index in [9.17, 15) is 13.2 Å². The molecule has 0 unspecified atom stereocenters. The number of hydrogen-bond acceptors (Lipinski definition) is 6. The van der Waals surface area contributed by atoms with Gasteiger partial charge in [-0.3, -0.25) is 4.79 Å². The highest BCUT2D eigenvalue weighted by molar-refractivity contribution is 7.89. The van der Waals surface area contributed by atoms with E-state index in [4.69, 9.17) is 9.47 Å². The van der Waals surface area contributed by atoms with E-state index >= 15 is 0 Å². The van der Waals surface area contributed by atoms with Crippen molar-refractivity contribution in [2.75, 3.05) is 44.5 Å². The normalized spacial score (nSPS) is 11.3. The van der Waals surface area contributed by atoms with Gasteiger partial charge in [-0.05, 0) is 42.8 Å². The summed E-state index contributed by atoms with van der Waals surface area (Å²) in [6.45, 7) is 6.15. The number of hydrogen-bond donors (Lipinski definition) is 2. The molecule has 0 spiro atoms. The average Bonchev–Trinajstić information content (AvgIpc) is 2.72. The molecule has 2 rings (SSSR count). The first-order chi connectivity index (χ1) is 14.3. The van der Waals surface area contributed by atoms with Gasteiger partial charge in [0.05, 0.1) is 37.0 Å². The summed E-state index contributed by atoms with van der Waals surface area (Å²) in [5, 5.41) is 5.76. The molecule has 0 saturated heterocycles. The van der Waals surface area contributed by atoms with Gasteiger partial charge in [0.15, 0.2) is 0 Å². The van der Waals surface area contributed by atoms with Crippen LogP contribution in [-0.2, 0) is 14.8 Å². The fraction of sp³-hybridized carbons (Fsp3) is 0.381. The Morgan fingerprint density at radius 3 is 2.17 bits per heavy atom. The fourth-order valence-corrected chi connectivity index (χ4v) is 4.47. The van der Waals surface area contributed by atoms with Crippen molar-refractivity contribution in [1.82, 2.24) is 4.31 Å². The van der Waals surface area contributed by atoms with Gasteiger partial charge >= 0.3 is 0 Å². The molecule has 0 atom stereocenters. The number of amides is 1. The number of sulfonamides is 1. The molecule has 164 valence electrons. The Kier molecular flexibility index (Phi) is 8.08. The maximum absolute atomic E-state index is 12.8. The average molecular weight is 436 g/mol. The summed E-state index contributed by atoms with van der Waals surface area (Å²) in [7, 11) is -0.613. The summed E-state index contributed by atoms with van der Waals surface area (Å²) in [4.78, 5) is 12.6. The highest BCUT2D eigenvalue weighted by Gasteiger charge is 2.23. The zero-order chi connectivity index (χ0) is 22.3. The topological polar surface area (TPSA) is 97.0 Å². The first-order valence-corrected chi connectivity index (χ1v) is 11.1. The van der Waals surface area contributed by atoms with E-state index in [1.807, 2.05) is 19.1 Å². The van der Waals surface area contributed by atoms with Crippen molar-refractivity contribution >= 4 is 27.3 Å². The van der Waals surface area contributed by atoms with Crippen LogP contribution in [0.1, 0.15) is 19.4 Å². The van der Waals surface area contributed by atoms with Crippen molar-refractivity contribution in [1.29, 1.82) is 0 Å². The van der Waals surface area contributed by atoms with E-state index in [1.54, 1.807) is 26.0 Å². The summed E-state index contributed by atoms with van der Waals surface area (Å²) in [5.41, 5.74) is 1.96. The number of benzene rings is 2. The molecule has 8 nitrogen and oxygen atoms in total. The van der Waals surface area contributed by atoms with Crippen LogP contribution < -0.4 is 20.1 Å². The van der Waals surface area contributed by atoms with Gasteiger partial charge in [0.2, 0.25) is 15.9 Å². The van der Waals surface area contributed by atoms with Crippen molar-refractivity contribution in [3.63, 3.8) is 0 Å². The molecule has 30 heavy (non-hydrogen) atoms. The molecule has 2 aromatic carbocycles. The molecule has 0 bridgehead atoms. The van der Waals surface area contributed by atoms with E-state index in [0.29, 0.717) is 36.0 Å². The molecule has 1 amide bonds. The number of carbonyl (C=O) groups is 1. The molecule has 0 heterocycles. The molecule has 2 aromatic rings. The molecule has 0 saturated carbocycles. The number of nitrogens with one attached hydrogen (secondary N) is 2. The van der Waals surface area contributed by atoms with Crippen molar-refractivity contribution < 1.29 is 22.7 Å². The third kappa shape index (κ3) is 5.43. The van der Waals surface area contributed by atoms with E-state index in [2.05, 4.69) is 10.6 Å². The molecule has 9 heteroatoms. The second kappa shape index (κ2) is 10.3. The van der Waals surface area contributed by atoms with Crippen LogP contribution in [0.5, 0.6) is 11.5 Å². The Labute approximate surface area is 178 Å². The lowest BCUT2D eigenvalue weighted by atomic mass is 10.2. The van der Waals surface area contributed by atoms with Gasteiger partial charge in [0.1, 0.15) is 11.5 Å². The van der Waals surface area contributed by atoms with Gasteiger partial charge in [-0.25, -0.2) is 8.42 Å². The van der Waals surface area contributed by atoms with E-state index < -0.39 is 10.0 Å². The Morgan fingerprint density at radius 1 is 0.967 bits per heavy atom. The zero-order valence-corrected chi connectivity index (χ0v) is 18.8. The third-order valence-electron chi connectivity index (χ3n) is 4.58. The summed E-state index contributed by atoms with van der Waals surface area (Å²) in [6.07, 6.45) is 0. The predicted molar refractivity (Wildman–Crippen MR) is 118 cm³/mol. The maximum atomic E-state index is 12.8. The summed E-state index contributed by atoms with van der Waals surface area (Å²) >= 11 is 0. The van der Waals surface area contributed by atoms with E-state index in [1.165, 1.54) is 30.7 Å². The van der Waals surface area contributed by atoms with Crippen LogP contribution in [0.4, 0.5) is 11.4 Å². The van der Waals surface area contributed by atoms with Crippen LogP contribution in [-0.4, -0.2) is 52.5 Å². The summed E-state index contributed by atoms with van der Waals surface area (Å²) in [6, 6.07) is 10.0. The molecule has 2 N–H and O–H groups in total. The molecule has 0 aliphatic rings. The molecule has 0 aliphatic carbocycles. The summed E-state index contributed by atoms with van der Waals surface area (Å²) in [5.74, 6) is 0.686. The number of nitrogens with zero attached hydrogens (tertiary/aromatic N) is 1. The monoisotopic (exact) mass is 435 g/mol. The Morgan fingerprint density at radius 2 is 1.57 bits per heavy atom. The Hall–Kier alpha value is -2.78. The van der Waals surface area contributed by atoms with Crippen molar-refractivity contribution in [3.05, 3.63) is 42.0 Å². The number of rotatable bonds is 10. The predicted octanol–water partition coefficient (Wildman–Crippen LogP) is 3.09. The van der Waals surface area contributed by atoms with Gasteiger partial charge in [-0.15, -0.1) is 0 Å². The minimum atomic E-state index is -3.63. The number of anilines is 2. The zero-order valence-electron chi connectivity index (χ0n) is 18.0. The first kappa shape index (κ1) is 23.5. The van der Waals surface area contributed by atoms with Crippen LogP contribution in [0.15, 0.2) is 41.3 Å². The molecule has 0 aromatic heterocycles. The largest absolute Gasteiger partial charge is 0.495 e. The number of methoxy groups -OCH3 is 2. The second-order valence-corrected chi connectivity index (χ2v) is 8.49. The van der Waals surface area contributed by atoms with E-state index in [0.717, 1.165) is 5.56 Å². The Bertz CT molecular complexity index is 988. The van der Waals surface area contributed by atoms with Crippen molar-refractivity contribution in [2.24, 2.45) is 0 Å². The quantitative estimate of drug-likeness (QED) is 0.595. The van der Waals surface area contributed by atoms with Crippen LogP contribution in [0.3, 0.4) is 0 Å². The summed E-state index contributed by atoms with van der Waals surface area (Å²) < 4.78 is 37.5. The highest BCUT2D eigenvalue weighted by atomic mass is 32.2. The third-order valence-corrected chi connectivity index (χ3v) is 6.63. The number of aryl methyl sites for hydroxylation is 1. The van der Waals surface area contributed by atoms with Crippen LogP contribution in [0.2, 0.25) is 0 Å².